The molecule has 62 valence electrons. The predicted molar refractivity (Wildman–Crippen MR) is 49.9 cm³/mol. The average molecular weight is 162 g/mol. The lowest BCUT2D eigenvalue weighted by Gasteiger charge is -2.01. The lowest BCUT2D eigenvalue weighted by molar-refractivity contribution is -0.379. The molecule has 0 aliphatic carbocycles. The highest BCUT2D eigenvalue weighted by atomic mass is 16.3. The molecule has 1 N–H and O–H groups in total. The molecule has 0 radical (unpaired) electrons. The molecule has 1 aromatic rings. The Labute approximate surface area is 71.9 Å². The molecular formula is C10H12NO+. The van der Waals surface area contributed by atoms with Crippen molar-refractivity contribution >= 4 is 11.3 Å². The van der Waals surface area contributed by atoms with Gasteiger partial charge in [0.1, 0.15) is 0 Å². The van der Waals surface area contributed by atoms with Crippen LogP contribution in [-0.2, 0) is 0 Å². The SMILES string of the molecule is C=C(C)c1c(C)cccc1[NH+]=O. The summed E-state index contributed by atoms with van der Waals surface area (Å²) in [5.41, 5.74) is 3.50. The van der Waals surface area contributed by atoms with Gasteiger partial charge in [0, 0.05) is 16.2 Å². The molecule has 0 fully saturated rings. The number of allylic oxidation sites excluding steroid dienone is 1. The van der Waals surface area contributed by atoms with Crippen LogP contribution in [0.15, 0.2) is 24.8 Å². The molecule has 0 saturated heterocycles. The third-order valence-electron chi connectivity index (χ3n) is 1.81. The molecule has 0 aliphatic rings. The standard InChI is InChI=1S/C10H11NO/c1-7(2)10-8(3)5-4-6-9(10)11-12/h4-6H,1H2,2-3H3/p+1. The van der Waals surface area contributed by atoms with Crippen LogP contribution in [0, 0.1) is 11.8 Å². The van der Waals surface area contributed by atoms with Crippen LogP contribution in [0.1, 0.15) is 18.1 Å². The van der Waals surface area contributed by atoms with Crippen molar-refractivity contribution in [1.82, 2.24) is 0 Å². The molecule has 0 aliphatic heterocycles. The topological polar surface area (TPSA) is 31.0 Å². The third-order valence-corrected chi connectivity index (χ3v) is 1.81. The van der Waals surface area contributed by atoms with Gasteiger partial charge in [-0.1, -0.05) is 18.7 Å². The van der Waals surface area contributed by atoms with Crippen molar-refractivity contribution in [3.63, 3.8) is 0 Å². The van der Waals surface area contributed by atoms with E-state index < -0.39 is 0 Å². The minimum atomic E-state index is 0.600. The highest BCUT2D eigenvalue weighted by molar-refractivity contribution is 5.72. The van der Waals surface area contributed by atoms with Gasteiger partial charge in [0.15, 0.2) is 0 Å². The van der Waals surface area contributed by atoms with Crippen LogP contribution in [0.3, 0.4) is 0 Å². The molecule has 0 aromatic heterocycles. The van der Waals surface area contributed by atoms with Crippen molar-refractivity contribution in [3.8, 4) is 0 Å². The summed E-state index contributed by atoms with van der Waals surface area (Å²) in [6, 6.07) is 5.57. The average Bonchev–Trinajstić information content (AvgIpc) is 2.03. The third kappa shape index (κ3) is 1.42. The molecule has 0 atom stereocenters. The van der Waals surface area contributed by atoms with E-state index in [9.17, 15) is 4.91 Å². The van der Waals surface area contributed by atoms with Gasteiger partial charge in [0.05, 0.1) is 5.56 Å². The first-order valence-electron chi connectivity index (χ1n) is 3.80. The van der Waals surface area contributed by atoms with Crippen LogP contribution in [-0.4, -0.2) is 0 Å². The zero-order valence-corrected chi connectivity index (χ0v) is 7.35. The number of nitrogens with one attached hydrogen (secondary N) is 1. The van der Waals surface area contributed by atoms with E-state index in [1.807, 2.05) is 31.2 Å². The zero-order chi connectivity index (χ0) is 9.14. The lowest BCUT2D eigenvalue weighted by Crippen LogP contribution is -2.56. The molecule has 1 rings (SSSR count). The lowest BCUT2D eigenvalue weighted by atomic mass is 10.0. The summed E-state index contributed by atoms with van der Waals surface area (Å²) in [6.07, 6.45) is 0. The Morgan fingerprint density at radius 2 is 2.17 bits per heavy atom. The van der Waals surface area contributed by atoms with Crippen molar-refractivity contribution in [2.24, 2.45) is 0 Å². The predicted octanol–water partition coefficient (Wildman–Crippen LogP) is 1.51. The van der Waals surface area contributed by atoms with Gasteiger partial charge in [0.2, 0.25) is 0 Å². The number of benzene rings is 1. The van der Waals surface area contributed by atoms with Crippen LogP contribution >= 0.6 is 0 Å². The molecule has 0 heterocycles. The quantitative estimate of drug-likeness (QED) is 0.702. The molecule has 2 heteroatoms. The summed E-state index contributed by atoms with van der Waals surface area (Å²) in [5.74, 6) is 0. The maximum atomic E-state index is 10.5. The molecular weight excluding hydrogens is 150 g/mol. The first-order valence-corrected chi connectivity index (χ1v) is 3.80. The van der Waals surface area contributed by atoms with E-state index in [2.05, 4.69) is 6.58 Å². The summed E-state index contributed by atoms with van der Waals surface area (Å²) in [4.78, 5) is 10.5. The second-order valence-electron chi connectivity index (χ2n) is 2.88. The molecule has 0 spiro atoms. The smallest absolute Gasteiger partial charge is 0.0953 e. The van der Waals surface area contributed by atoms with Gasteiger partial charge < -0.3 is 0 Å². The monoisotopic (exact) mass is 162 g/mol. The largest absolute Gasteiger partial charge is 0.261 e. The minimum Gasteiger partial charge on any atom is -0.0953 e. The zero-order valence-electron chi connectivity index (χ0n) is 7.35. The van der Waals surface area contributed by atoms with E-state index >= 15 is 0 Å². The molecule has 0 unspecified atom stereocenters. The van der Waals surface area contributed by atoms with E-state index in [4.69, 9.17) is 0 Å². The summed E-state index contributed by atoms with van der Waals surface area (Å²) in [5, 5.41) is 1.91. The van der Waals surface area contributed by atoms with Gasteiger partial charge in [-0.05, 0) is 25.0 Å². The number of rotatable bonds is 2. The van der Waals surface area contributed by atoms with Gasteiger partial charge in [-0.2, -0.15) is 0 Å². The van der Waals surface area contributed by atoms with Crippen LogP contribution < -0.4 is 5.18 Å². The Hall–Kier alpha value is -1.44. The van der Waals surface area contributed by atoms with E-state index in [0.29, 0.717) is 5.69 Å². The van der Waals surface area contributed by atoms with Gasteiger partial charge in [-0.3, -0.25) is 0 Å². The van der Waals surface area contributed by atoms with Crippen molar-refractivity contribution in [3.05, 3.63) is 40.8 Å². The summed E-state index contributed by atoms with van der Waals surface area (Å²) in [6.45, 7) is 7.67. The number of nitroso groups, excluding NO2 is 1. The van der Waals surface area contributed by atoms with Crippen molar-refractivity contribution < 1.29 is 5.18 Å². The fourth-order valence-corrected chi connectivity index (χ4v) is 1.32. The first kappa shape index (κ1) is 8.65. The second kappa shape index (κ2) is 3.30. The van der Waals surface area contributed by atoms with Gasteiger partial charge in [-0.25, -0.2) is 0 Å². The summed E-state index contributed by atoms with van der Waals surface area (Å²) in [7, 11) is 0. The molecule has 12 heavy (non-hydrogen) atoms. The van der Waals surface area contributed by atoms with Crippen LogP contribution in [0.2, 0.25) is 0 Å². The Morgan fingerprint density at radius 1 is 1.50 bits per heavy atom. The summed E-state index contributed by atoms with van der Waals surface area (Å²) < 4.78 is 0. The van der Waals surface area contributed by atoms with Crippen molar-refractivity contribution in [2.45, 2.75) is 13.8 Å². The van der Waals surface area contributed by atoms with Crippen molar-refractivity contribution in [1.29, 1.82) is 0 Å². The Balaban J connectivity index is 3.39. The molecule has 0 saturated carbocycles. The second-order valence-corrected chi connectivity index (χ2v) is 2.88. The maximum absolute atomic E-state index is 10.5. The Bertz CT molecular complexity index is 329. The highest BCUT2D eigenvalue weighted by Crippen LogP contribution is 2.21. The first-order chi connectivity index (χ1) is 5.66. The van der Waals surface area contributed by atoms with Gasteiger partial charge in [-0.15, -0.1) is 0 Å². The summed E-state index contributed by atoms with van der Waals surface area (Å²) >= 11 is 0. The number of hydrogen-bond acceptors (Lipinski definition) is 1. The van der Waals surface area contributed by atoms with E-state index in [0.717, 1.165) is 16.7 Å². The number of aryl methyl sites for hydroxylation is 1. The van der Waals surface area contributed by atoms with E-state index in [1.165, 1.54) is 0 Å². The van der Waals surface area contributed by atoms with Gasteiger partial charge in [0.25, 0.3) is 5.69 Å². The Morgan fingerprint density at radius 3 is 2.58 bits per heavy atom. The maximum Gasteiger partial charge on any atom is 0.261 e. The fourth-order valence-electron chi connectivity index (χ4n) is 1.32. The molecule has 0 bridgehead atoms. The fraction of sp³-hybridized carbons (Fsp3) is 0.200. The molecule has 0 amide bonds. The van der Waals surface area contributed by atoms with E-state index in [-0.39, 0.29) is 0 Å². The van der Waals surface area contributed by atoms with Crippen LogP contribution in [0.4, 0.5) is 5.69 Å². The normalized spacial score (nSPS) is 9.50. The van der Waals surface area contributed by atoms with E-state index in [1.54, 1.807) is 6.07 Å². The van der Waals surface area contributed by atoms with Crippen LogP contribution in [0.25, 0.3) is 5.57 Å². The Kier molecular flexibility index (Phi) is 2.38. The molecule has 2 nitrogen and oxygen atoms in total. The highest BCUT2D eigenvalue weighted by Gasteiger charge is 2.10. The number of hydrogen-bond donors (Lipinski definition) is 1. The van der Waals surface area contributed by atoms with Gasteiger partial charge >= 0.3 is 0 Å². The van der Waals surface area contributed by atoms with Crippen molar-refractivity contribution in [2.75, 3.05) is 0 Å². The molecule has 1 aromatic carbocycles. The minimum absolute atomic E-state index is 0.600. The van der Waals surface area contributed by atoms with Crippen LogP contribution in [0.5, 0.6) is 0 Å².